The van der Waals surface area contributed by atoms with Crippen LogP contribution in [0.2, 0.25) is 0 Å². The van der Waals surface area contributed by atoms with E-state index in [1.807, 2.05) is 31.2 Å². The zero-order valence-corrected chi connectivity index (χ0v) is 15.4. The van der Waals surface area contributed by atoms with Gasteiger partial charge < -0.3 is 10.1 Å². The summed E-state index contributed by atoms with van der Waals surface area (Å²) in [6, 6.07) is 12.6. The highest BCUT2D eigenvalue weighted by Crippen LogP contribution is 2.17. The zero-order chi connectivity index (χ0) is 17.5. The molecule has 0 saturated heterocycles. The molecule has 3 nitrogen and oxygen atoms in total. The monoisotopic (exact) mass is 393 g/mol. The number of carbonyl (C=O) groups is 1. The molecule has 0 aliphatic heterocycles. The van der Waals surface area contributed by atoms with Gasteiger partial charge in [0.2, 0.25) is 5.91 Å². The van der Waals surface area contributed by atoms with Gasteiger partial charge in [-0.05, 0) is 71.1 Å². The lowest BCUT2D eigenvalue weighted by molar-refractivity contribution is -0.121. The molecule has 1 atom stereocenters. The van der Waals surface area contributed by atoms with Crippen molar-refractivity contribution in [2.24, 2.45) is 0 Å². The van der Waals surface area contributed by atoms with Crippen molar-refractivity contribution in [1.29, 1.82) is 0 Å². The quantitative estimate of drug-likeness (QED) is 0.762. The van der Waals surface area contributed by atoms with E-state index >= 15 is 0 Å². The highest BCUT2D eigenvalue weighted by atomic mass is 79.9. The van der Waals surface area contributed by atoms with Crippen molar-refractivity contribution in [3.8, 4) is 5.75 Å². The Bertz CT molecular complexity index is 688. The predicted octanol–water partition coefficient (Wildman–Crippen LogP) is 4.28. The van der Waals surface area contributed by atoms with Gasteiger partial charge in [-0.1, -0.05) is 18.2 Å². The standard InChI is InChI=1S/C19H21BrFNO2/c1-13(3-4-14-5-8-16(24-2)9-6-14)22-19(23)12-15-7-10-18(21)17(20)11-15/h5-11,13H,3-4,12H2,1-2H3,(H,22,23). The largest absolute Gasteiger partial charge is 0.497 e. The molecule has 2 rings (SSSR count). The van der Waals surface area contributed by atoms with Gasteiger partial charge in [-0.3, -0.25) is 4.79 Å². The van der Waals surface area contributed by atoms with Crippen LogP contribution < -0.4 is 10.1 Å². The summed E-state index contributed by atoms with van der Waals surface area (Å²) in [5.41, 5.74) is 1.99. The molecule has 5 heteroatoms. The van der Waals surface area contributed by atoms with Crippen molar-refractivity contribution in [1.82, 2.24) is 5.32 Å². The first-order valence-corrected chi connectivity index (χ1v) is 8.63. The molecule has 0 aliphatic carbocycles. The molecule has 1 unspecified atom stereocenters. The fraction of sp³-hybridized carbons (Fsp3) is 0.316. The van der Waals surface area contributed by atoms with Gasteiger partial charge in [0.15, 0.2) is 0 Å². The maximum absolute atomic E-state index is 13.2. The van der Waals surface area contributed by atoms with E-state index in [9.17, 15) is 9.18 Å². The van der Waals surface area contributed by atoms with Crippen LogP contribution in [0.5, 0.6) is 5.75 Å². The van der Waals surface area contributed by atoms with Gasteiger partial charge in [-0.15, -0.1) is 0 Å². The number of aryl methyl sites for hydroxylation is 1. The van der Waals surface area contributed by atoms with Crippen molar-refractivity contribution >= 4 is 21.8 Å². The summed E-state index contributed by atoms with van der Waals surface area (Å²) in [6.07, 6.45) is 1.98. The second-order valence-corrected chi connectivity index (χ2v) is 6.63. The maximum atomic E-state index is 13.2. The van der Waals surface area contributed by atoms with Crippen LogP contribution in [0.1, 0.15) is 24.5 Å². The lowest BCUT2D eigenvalue weighted by atomic mass is 10.1. The first-order chi connectivity index (χ1) is 11.5. The number of hydrogen-bond donors (Lipinski definition) is 1. The van der Waals surface area contributed by atoms with Gasteiger partial charge in [-0.2, -0.15) is 0 Å². The van der Waals surface area contributed by atoms with Gasteiger partial charge in [0.05, 0.1) is 18.0 Å². The molecule has 24 heavy (non-hydrogen) atoms. The van der Waals surface area contributed by atoms with Gasteiger partial charge in [0.1, 0.15) is 11.6 Å². The summed E-state index contributed by atoms with van der Waals surface area (Å²) in [6.45, 7) is 1.99. The topological polar surface area (TPSA) is 38.3 Å². The number of rotatable bonds is 7. The fourth-order valence-electron chi connectivity index (χ4n) is 2.41. The molecule has 2 aromatic carbocycles. The van der Waals surface area contributed by atoms with Crippen LogP contribution in [-0.4, -0.2) is 19.1 Å². The second-order valence-electron chi connectivity index (χ2n) is 5.78. The summed E-state index contributed by atoms with van der Waals surface area (Å²) in [5, 5.41) is 2.98. The van der Waals surface area contributed by atoms with Gasteiger partial charge >= 0.3 is 0 Å². The third kappa shape index (κ3) is 5.64. The van der Waals surface area contributed by atoms with E-state index in [0.717, 1.165) is 24.2 Å². The van der Waals surface area contributed by atoms with Gasteiger partial charge in [0.25, 0.3) is 0 Å². The first-order valence-electron chi connectivity index (χ1n) is 7.84. The lowest BCUT2D eigenvalue weighted by Gasteiger charge is -2.14. The van der Waals surface area contributed by atoms with Crippen molar-refractivity contribution in [3.05, 3.63) is 63.9 Å². The molecule has 128 valence electrons. The SMILES string of the molecule is COc1ccc(CCC(C)NC(=O)Cc2ccc(F)c(Br)c2)cc1. The van der Waals surface area contributed by atoms with Crippen molar-refractivity contribution in [2.45, 2.75) is 32.2 Å². The Morgan fingerprint density at radius 1 is 1.21 bits per heavy atom. The molecule has 1 amide bonds. The Morgan fingerprint density at radius 2 is 1.88 bits per heavy atom. The smallest absolute Gasteiger partial charge is 0.224 e. The number of hydrogen-bond acceptors (Lipinski definition) is 2. The van der Waals surface area contributed by atoms with Crippen LogP contribution in [0, 0.1) is 5.82 Å². The normalized spacial score (nSPS) is 11.8. The molecular weight excluding hydrogens is 373 g/mol. The van der Waals surface area contributed by atoms with Crippen molar-refractivity contribution in [2.75, 3.05) is 7.11 Å². The number of amides is 1. The fourth-order valence-corrected chi connectivity index (χ4v) is 2.83. The third-order valence-electron chi connectivity index (χ3n) is 3.78. The van der Waals surface area contributed by atoms with Crippen LogP contribution in [0.3, 0.4) is 0 Å². The lowest BCUT2D eigenvalue weighted by Crippen LogP contribution is -2.34. The molecule has 0 fully saturated rings. The van der Waals surface area contributed by atoms with E-state index in [1.165, 1.54) is 11.6 Å². The first kappa shape index (κ1) is 18.5. The average molecular weight is 394 g/mol. The molecule has 2 aromatic rings. The Labute approximate surface area is 150 Å². The summed E-state index contributed by atoms with van der Waals surface area (Å²) in [7, 11) is 1.65. The molecular formula is C19H21BrFNO2. The zero-order valence-electron chi connectivity index (χ0n) is 13.8. The minimum absolute atomic E-state index is 0.0595. The maximum Gasteiger partial charge on any atom is 0.224 e. The molecule has 0 heterocycles. The Kier molecular flexibility index (Phi) is 6.79. The van der Waals surface area contributed by atoms with Crippen LogP contribution in [0.15, 0.2) is 46.9 Å². The van der Waals surface area contributed by atoms with Crippen LogP contribution in [0.25, 0.3) is 0 Å². The molecule has 0 aromatic heterocycles. The Hall–Kier alpha value is -1.88. The number of nitrogens with one attached hydrogen (secondary N) is 1. The van der Waals surface area contributed by atoms with Crippen LogP contribution >= 0.6 is 15.9 Å². The molecule has 0 bridgehead atoms. The highest BCUT2D eigenvalue weighted by molar-refractivity contribution is 9.10. The summed E-state index contributed by atoms with van der Waals surface area (Å²) >= 11 is 3.13. The Balaban J connectivity index is 1.79. The summed E-state index contributed by atoms with van der Waals surface area (Å²) in [5.74, 6) is 0.452. The molecule has 0 saturated carbocycles. The van der Waals surface area contributed by atoms with E-state index < -0.39 is 0 Å². The van der Waals surface area contributed by atoms with E-state index in [4.69, 9.17) is 4.74 Å². The number of carbonyl (C=O) groups excluding carboxylic acids is 1. The number of benzene rings is 2. The number of ether oxygens (including phenoxy) is 1. The minimum atomic E-state index is -0.327. The number of halogens is 2. The van der Waals surface area contributed by atoms with Gasteiger partial charge in [0, 0.05) is 6.04 Å². The highest BCUT2D eigenvalue weighted by Gasteiger charge is 2.10. The minimum Gasteiger partial charge on any atom is -0.497 e. The van der Waals surface area contributed by atoms with Crippen molar-refractivity contribution in [3.63, 3.8) is 0 Å². The van der Waals surface area contributed by atoms with Gasteiger partial charge in [-0.25, -0.2) is 4.39 Å². The molecule has 1 N–H and O–H groups in total. The average Bonchev–Trinajstić information content (AvgIpc) is 2.56. The molecule has 0 aliphatic rings. The molecule has 0 radical (unpaired) electrons. The van der Waals surface area contributed by atoms with E-state index in [-0.39, 0.29) is 24.2 Å². The third-order valence-corrected chi connectivity index (χ3v) is 4.39. The summed E-state index contributed by atoms with van der Waals surface area (Å²) < 4.78 is 18.7. The van der Waals surface area contributed by atoms with E-state index in [1.54, 1.807) is 19.2 Å². The van der Waals surface area contributed by atoms with E-state index in [2.05, 4.69) is 21.2 Å². The molecule has 0 spiro atoms. The van der Waals surface area contributed by atoms with Crippen LogP contribution in [-0.2, 0) is 17.6 Å². The number of methoxy groups -OCH3 is 1. The summed E-state index contributed by atoms with van der Waals surface area (Å²) in [4.78, 5) is 12.1. The van der Waals surface area contributed by atoms with Crippen LogP contribution in [0.4, 0.5) is 4.39 Å². The van der Waals surface area contributed by atoms with E-state index in [0.29, 0.717) is 4.47 Å². The predicted molar refractivity (Wildman–Crippen MR) is 96.7 cm³/mol. The van der Waals surface area contributed by atoms with Crippen molar-refractivity contribution < 1.29 is 13.9 Å². The second kappa shape index (κ2) is 8.83. The Morgan fingerprint density at radius 3 is 2.50 bits per heavy atom.